The molecule has 0 amide bonds. The molecular formula is C12H14N2. The summed E-state index contributed by atoms with van der Waals surface area (Å²) in [5.41, 5.74) is 2.90. The summed E-state index contributed by atoms with van der Waals surface area (Å²) in [5.74, 6) is 0. The number of benzene rings is 1. The molecule has 0 bridgehead atoms. The van der Waals surface area contributed by atoms with Crippen LogP contribution in [0.4, 0.5) is 0 Å². The lowest BCUT2D eigenvalue weighted by molar-refractivity contribution is 0.322. The largest absolute Gasteiger partial charge is 0.290 e. The van der Waals surface area contributed by atoms with E-state index in [0.717, 1.165) is 25.9 Å². The molecule has 0 unspecified atom stereocenters. The molecule has 2 nitrogen and oxygen atoms in total. The molecule has 1 aromatic rings. The lowest BCUT2D eigenvalue weighted by atomic mass is 10.0. The molecule has 1 heterocycles. The molecule has 1 aromatic carbocycles. The van der Waals surface area contributed by atoms with E-state index in [4.69, 9.17) is 5.26 Å². The fraction of sp³-hybridized carbons (Fsp3) is 0.417. The Morgan fingerprint density at radius 2 is 1.71 bits per heavy atom. The zero-order valence-electron chi connectivity index (χ0n) is 8.24. The Labute approximate surface area is 84.8 Å². The van der Waals surface area contributed by atoms with E-state index in [0.29, 0.717) is 6.54 Å². The van der Waals surface area contributed by atoms with E-state index in [1.807, 2.05) is 0 Å². The minimum absolute atomic E-state index is 0.563. The maximum Gasteiger partial charge on any atom is 0.0866 e. The van der Waals surface area contributed by atoms with Gasteiger partial charge in [-0.05, 0) is 24.0 Å². The number of fused-ring (bicyclic) bond motifs is 1. The molecule has 1 aliphatic rings. The molecule has 2 heteroatoms. The Bertz CT molecular complexity index is 325. The van der Waals surface area contributed by atoms with E-state index < -0.39 is 0 Å². The molecular weight excluding hydrogens is 172 g/mol. The number of hydrogen-bond donors (Lipinski definition) is 0. The van der Waals surface area contributed by atoms with Crippen molar-refractivity contribution in [3.05, 3.63) is 35.4 Å². The van der Waals surface area contributed by atoms with Crippen molar-refractivity contribution in [1.29, 1.82) is 5.26 Å². The molecule has 0 N–H and O–H groups in total. The average molecular weight is 186 g/mol. The molecule has 0 saturated heterocycles. The number of hydrogen-bond acceptors (Lipinski definition) is 2. The van der Waals surface area contributed by atoms with Gasteiger partial charge in [-0.1, -0.05) is 24.3 Å². The zero-order chi connectivity index (χ0) is 9.80. The first-order valence-electron chi connectivity index (χ1n) is 5.06. The van der Waals surface area contributed by atoms with Gasteiger partial charge in [0.25, 0.3) is 0 Å². The van der Waals surface area contributed by atoms with Crippen LogP contribution >= 0.6 is 0 Å². The van der Waals surface area contributed by atoms with Crippen molar-refractivity contribution in [2.24, 2.45) is 0 Å². The second-order valence-corrected chi connectivity index (χ2v) is 3.70. The molecule has 0 aliphatic carbocycles. The van der Waals surface area contributed by atoms with Crippen LogP contribution < -0.4 is 0 Å². The van der Waals surface area contributed by atoms with Crippen LogP contribution in [0.2, 0.25) is 0 Å². The van der Waals surface area contributed by atoms with Crippen LogP contribution in [0, 0.1) is 11.3 Å². The Balaban J connectivity index is 2.11. The third-order valence-electron chi connectivity index (χ3n) is 2.81. The summed E-state index contributed by atoms with van der Waals surface area (Å²) in [6.07, 6.45) is 2.16. The predicted octanol–water partition coefficient (Wildman–Crippen LogP) is 1.61. The lowest BCUT2D eigenvalue weighted by Crippen LogP contribution is -2.26. The third kappa shape index (κ3) is 1.94. The molecule has 0 radical (unpaired) electrons. The van der Waals surface area contributed by atoms with Gasteiger partial charge in [0.05, 0.1) is 12.6 Å². The van der Waals surface area contributed by atoms with E-state index in [-0.39, 0.29) is 0 Å². The van der Waals surface area contributed by atoms with Crippen molar-refractivity contribution < 1.29 is 0 Å². The average Bonchev–Trinajstić information content (AvgIpc) is 2.42. The van der Waals surface area contributed by atoms with Crippen molar-refractivity contribution >= 4 is 0 Å². The van der Waals surface area contributed by atoms with E-state index >= 15 is 0 Å². The quantitative estimate of drug-likeness (QED) is 0.623. The van der Waals surface area contributed by atoms with Gasteiger partial charge in [0.15, 0.2) is 0 Å². The van der Waals surface area contributed by atoms with Crippen LogP contribution in [0.3, 0.4) is 0 Å². The van der Waals surface area contributed by atoms with Crippen LogP contribution in [-0.4, -0.2) is 24.5 Å². The van der Waals surface area contributed by atoms with Gasteiger partial charge in [-0.15, -0.1) is 0 Å². The van der Waals surface area contributed by atoms with Crippen molar-refractivity contribution in [3.8, 4) is 6.07 Å². The van der Waals surface area contributed by atoms with Gasteiger partial charge in [-0.25, -0.2) is 0 Å². The molecule has 14 heavy (non-hydrogen) atoms. The van der Waals surface area contributed by atoms with Crippen LogP contribution in [0.25, 0.3) is 0 Å². The number of nitriles is 1. The van der Waals surface area contributed by atoms with Gasteiger partial charge in [-0.3, -0.25) is 4.90 Å². The molecule has 2 rings (SSSR count). The summed E-state index contributed by atoms with van der Waals surface area (Å²) in [6.45, 7) is 2.60. The summed E-state index contributed by atoms with van der Waals surface area (Å²) < 4.78 is 0. The molecule has 0 fully saturated rings. The molecule has 1 aliphatic heterocycles. The standard InChI is InChI=1S/C12H14N2/c13-7-10-14-8-5-11-3-1-2-4-12(11)6-9-14/h1-4H,5-6,8-10H2. The number of rotatable bonds is 1. The summed E-state index contributed by atoms with van der Waals surface area (Å²) in [6, 6.07) is 10.8. The Hall–Kier alpha value is -1.33. The Morgan fingerprint density at radius 1 is 1.14 bits per heavy atom. The Kier molecular flexibility index (Phi) is 2.81. The summed E-state index contributed by atoms with van der Waals surface area (Å²) >= 11 is 0. The van der Waals surface area contributed by atoms with Crippen molar-refractivity contribution in [2.45, 2.75) is 12.8 Å². The third-order valence-corrected chi connectivity index (χ3v) is 2.81. The van der Waals surface area contributed by atoms with Crippen molar-refractivity contribution in [1.82, 2.24) is 4.90 Å². The van der Waals surface area contributed by atoms with Gasteiger partial charge in [0.1, 0.15) is 0 Å². The van der Waals surface area contributed by atoms with Gasteiger partial charge in [0, 0.05) is 13.1 Å². The van der Waals surface area contributed by atoms with E-state index in [1.54, 1.807) is 0 Å². The van der Waals surface area contributed by atoms with Crippen LogP contribution in [0.15, 0.2) is 24.3 Å². The van der Waals surface area contributed by atoms with E-state index in [1.165, 1.54) is 11.1 Å². The van der Waals surface area contributed by atoms with Crippen LogP contribution in [0.5, 0.6) is 0 Å². The summed E-state index contributed by atoms with van der Waals surface area (Å²) in [4.78, 5) is 2.22. The Morgan fingerprint density at radius 3 is 2.21 bits per heavy atom. The smallest absolute Gasteiger partial charge is 0.0866 e. The highest BCUT2D eigenvalue weighted by Crippen LogP contribution is 2.14. The second kappa shape index (κ2) is 4.26. The van der Waals surface area contributed by atoms with Gasteiger partial charge in [-0.2, -0.15) is 5.26 Å². The first kappa shape index (κ1) is 9.23. The monoisotopic (exact) mass is 186 g/mol. The van der Waals surface area contributed by atoms with Crippen LogP contribution in [-0.2, 0) is 12.8 Å². The highest BCUT2D eigenvalue weighted by molar-refractivity contribution is 5.28. The molecule has 0 saturated carbocycles. The second-order valence-electron chi connectivity index (χ2n) is 3.70. The highest BCUT2D eigenvalue weighted by Gasteiger charge is 2.12. The SMILES string of the molecule is N#CCN1CCc2ccccc2CC1. The fourth-order valence-corrected chi connectivity index (χ4v) is 1.97. The molecule has 0 spiro atoms. The van der Waals surface area contributed by atoms with Crippen LogP contribution in [0.1, 0.15) is 11.1 Å². The molecule has 0 atom stereocenters. The fourth-order valence-electron chi connectivity index (χ4n) is 1.97. The minimum Gasteiger partial charge on any atom is -0.290 e. The zero-order valence-corrected chi connectivity index (χ0v) is 8.24. The van der Waals surface area contributed by atoms with Crippen molar-refractivity contribution in [3.63, 3.8) is 0 Å². The normalized spacial score (nSPS) is 16.8. The summed E-state index contributed by atoms with van der Waals surface area (Å²) in [7, 11) is 0. The first-order valence-corrected chi connectivity index (χ1v) is 5.06. The molecule has 0 aromatic heterocycles. The maximum atomic E-state index is 8.64. The van der Waals surface area contributed by atoms with E-state index in [9.17, 15) is 0 Å². The maximum absolute atomic E-state index is 8.64. The molecule has 72 valence electrons. The predicted molar refractivity (Wildman–Crippen MR) is 55.9 cm³/mol. The first-order chi connectivity index (χ1) is 6.90. The lowest BCUT2D eigenvalue weighted by Gasteiger charge is -2.14. The van der Waals surface area contributed by atoms with Gasteiger partial charge >= 0.3 is 0 Å². The van der Waals surface area contributed by atoms with Crippen molar-refractivity contribution in [2.75, 3.05) is 19.6 Å². The summed E-state index contributed by atoms with van der Waals surface area (Å²) in [5, 5.41) is 8.64. The van der Waals surface area contributed by atoms with Gasteiger partial charge in [0.2, 0.25) is 0 Å². The van der Waals surface area contributed by atoms with Gasteiger partial charge < -0.3 is 0 Å². The number of nitrogens with zero attached hydrogens (tertiary/aromatic N) is 2. The highest BCUT2D eigenvalue weighted by atomic mass is 15.1. The minimum atomic E-state index is 0.563. The topological polar surface area (TPSA) is 27.0 Å². The van der Waals surface area contributed by atoms with E-state index in [2.05, 4.69) is 35.2 Å².